The summed E-state index contributed by atoms with van der Waals surface area (Å²) in [6.45, 7) is 0. The second-order valence-corrected chi connectivity index (χ2v) is 8.58. The molecule has 3 saturated carbocycles. The fraction of sp³-hybridized carbons (Fsp3) is 0.417. The minimum Gasteiger partial charge on any atom is -0.273 e. The summed E-state index contributed by atoms with van der Waals surface area (Å²) in [5.74, 6) is 0.924. The zero-order valence-electron chi connectivity index (χ0n) is 15.9. The molecule has 0 saturated heterocycles. The summed E-state index contributed by atoms with van der Waals surface area (Å²) in [6.07, 6.45) is 5.54. The molecule has 1 unspecified atom stereocenters. The molecule has 4 heteroatoms. The number of amides is 2. The monoisotopic (exact) mass is 374 g/mol. The Morgan fingerprint density at radius 3 is 1.79 bits per heavy atom. The van der Waals surface area contributed by atoms with Crippen LogP contribution in [-0.4, -0.2) is 11.8 Å². The Bertz CT molecular complexity index is 828. The highest BCUT2D eigenvalue weighted by Crippen LogP contribution is 2.59. The lowest BCUT2D eigenvalue weighted by Crippen LogP contribution is -2.44. The molecule has 0 heterocycles. The molecular weight excluding hydrogens is 348 g/mol. The van der Waals surface area contributed by atoms with Crippen LogP contribution >= 0.6 is 0 Å². The highest BCUT2D eigenvalue weighted by atomic mass is 16.2. The van der Waals surface area contributed by atoms with Gasteiger partial charge in [0.05, 0.1) is 5.92 Å². The summed E-state index contributed by atoms with van der Waals surface area (Å²) < 4.78 is 0. The lowest BCUT2D eigenvalue weighted by Gasteiger charge is -2.19. The first-order chi connectivity index (χ1) is 13.7. The molecule has 0 bridgehead atoms. The predicted molar refractivity (Wildman–Crippen MR) is 107 cm³/mol. The first-order valence-corrected chi connectivity index (χ1v) is 10.4. The van der Waals surface area contributed by atoms with E-state index in [1.165, 1.54) is 12.8 Å². The van der Waals surface area contributed by atoms with Gasteiger partial charge in [0.1, 0.15) is 0 Å². The lowest BCUT2D eigenvalue weighted by atomic mass is 9.85. The van der Waals surface area contributed by atoms with Crippen molar-refractivity contribution in [1.29, 1.82) is 0 Å². The number of hydrogen-bond donors (Lipinski definition) is 2. The number of benzene rings is 2. The second-order valence-electron chi connectivity index (χ2n) is 8.58. The summed E-state index contributed by atoms with van der Waals surface area (Å²) >= 11 is 0. The lowest BCUT2D eigenvalue weighted by molar-refractivity contribution is -0.130. The van der Waals surface area contributed by atoms with Crippen LogP contribution in [0.4, 0.5) is 0 Å². The van der Waals surface area contributed by atoms with Gasteiger partial charge in [-0.3, -0.25) is 20.4 Å². The van der Waals surface area contributed by atoms with Crippen LogP contribution in [0.15, 0.2) is 60.7 Å². The van der Waals surface area contributed by atoms with E-state index in [1.807, 2.05) is 36.4 Å². The molecule has 3 aliphatic carbocycles. The maximum atomic E-state index is 12.9. The van der Waals surface area contributed by atoms with E-state index >= 15 is 0 Å². The van der Waals surface area contributed by atoms with E-state index in [1.54, 1.807) is 0 Å². The molecule has 2 aromatic carbocycles. The number of fused-ring (bicyclic) bond motifs is 1. The van der Waals surface area contributed by atoms with Gasteiger partial charge in [0.2, 0.25) is 11.8 Å². The van der Waals surface area contributed by atoms with Crippen molar-refractivity contribution in [3.8, 4) is 0 Å². The minimum absolute atomic E-state index is 0.00378. The van der Waals surface area contributed by atoms with E-state index in [2.05, 4.69) is 35.1 Å². The van der Waals surface area contributed by atoms with Crippen molar-refractivity contribution in [2.75, 3.05) is 0 Å². The summed E-state index contributed by atoms with van der Waals surface area (Å²) in [5.41, 5.74) is 7.46. The van der Waals surface area contributed by atoms with Crippen molar-refractivity contribution in [2.45, 2.75) is 37.5 Å². The van der Waals surface area contributed by atoms with Gasteiger partial charge in [-0.25, -0.2) is 0 Å². The SMILES string of the molecule is O=C(NNC(=O)[C@@H]1CC1(c1ccccc1)c1ccccc1)C1[C@H]2CCCC[C@@H]12. The average molecular weight is 374 g/mol. The number of hydrogen-bond acceptors (Lipinski definition) is 2. The third-order valence-electron chi connectivity index (χ3n) is 7.12. The number of rotatable bonds is 4. The number of nitrogens with one attached hydrogen (secondary N) is 2. The van der Waals surface area contributed by atoms with E-state index in [0.29, 0.717) is 11.8 Å². The van der Waals surface area contributed by atoms with Crippen LogP contribution in [0.1, 0.15) is 43.2 Å². The van der Waals surface area contributed by atoms with Gasteiger partial charge >= 0.3 is 0 Å². The molecule has 4 atom stereocenters. The maximum absolute atomic E-state index is 12.9. The van der Waals surface area contributed by atoms with Crippen molar-refractivity contribution in [3.63, 3.8) is 0 Å². The molecule has 5 rings (SSSR count). The molecule has 2 N–H and O–H groups in total. The van der Waals surface area contributed by atoms with Gasteiger partial charge in [-0.05, 0) is 42.2 Å². The van der Waals surface area contributed by atoms with Gasteiger partial charge in [-0.1, -0.05) is 73.5 Å². The Balaban J connectivity index is 1.28. The van der Waals surface area contributed by atoms with E-state index < -0.39 is 0 Å². The van der Waals surface area contributed by atoms with Crippen LogP contribution in [0.5, 0.6) is 0 Å². The maximum Gasteiger partial charge on any atom is 0.242 e. The van der Waals surface area contributed by atoms with Crippen molar-refractivity contribution < 1.29 is 9.59 Å². The zero-order valence-corrected chi connectivity index (χ0v) is 15.9. The summed E-state index contributed by atoms with van der Waals surface area (Å²) in [7, 11) is 0. The first kappa shape index (κ1) is 17.5. The smallest absolute Gasteiger partial charge is 0.242 e. The van der Waals surface area contributed by atoms with Crippen LogP contribution in [0.2, 0.25) is 0 Å². The molecule has 3 aliphatic rings. The Kier molecular flexibility index (Phi) is 4.22. The van der Waals surface area contributed by atoms with Gasteiger partial charge in [0.25, 0.3) is 0 Å². The van der Waals surface area contributed by atoms with Gasteiger partial charge in [0, 0.05) is 11.3 Å². The molecule has 0 radical (unpaired) electrons. The summed E-state index contributed by atoms with van der Waals surface area (Å²) in [6, 6.07) is 20.4. The first-order valence-electron chi connectivity index (χ1n) is 10.4. The molecular formula is C24H26N2O2. The third kappa shape index (κ3) is 2.83. The number of carbonyl (C=O) groups is 2. The quantitative estimate of drug-likeness (QED) is 0.804. The zero-order chi connectivity index (χ0) is 19.1. The third-order valence-corrected chi connectivity index (χ3v) is 7.12. The largest absolute Gasteiger partial charge is 0.273 e. The Morgan fingerprint density at radius 1 is 0.750 bits per heavy atom. The average Bonchev–Trinajstić information content (AvgIpc) is 3.66. The van der Waals surface area contributed by atoms with Crippen molar-refractivity contribution in [2.24, 2.45) is 23.7 Å². The second kappa shape index (κ2) is 6.77. The standard InChI is InChI=1S/C24H26N2O2/c27-22(25-26-23(28)21-18-13-7-8-14-19(18)21)20-15-24(20,16-9-3-1-4-10-16)17-11-5-2-6-12-17/h1-6,9-12,18-21H,7-8,13-15H2,(H,25,27)(H,26,28)/t18-,19+,20-,21?/m0/s1. The van der Waals surface area contributed by atoms with Crippen molar-refractivity contribution >= 4 is 11.8 Å². The van der Waals surface area contributed by atoms with Gasteiger partial charge in [0.15, 0.2) is 0 Å². The van der Waals surface area contributed by atoms with E-state index in [0.717, 1.165) is 30.4 Å². The fourth-order valence-electron chi connectivity index (χ4n) is 5.53. The summed E-state index contributed by atoms with van der Waals surface area (Å²) in [4.78, 5) is 25.4. The van der Waals surface area contributed by atoms with Crippen molar-refractivity contribution in [1.82, 2.24) is 10.9 Å². The fourth-order valence-corrected chi connectivity index (χ4v) is 5.53. The summed E-state index contributed by atoms with van der Waals surface area (Å²) in [5, 5.41) is 0. The van der Waals surface area contributed by atoms with E-state index in [4.69, 9.17) is 0 Å². The van der Waals surface area contributed by atoms with E-state index in [9.17, 15) is 9.59 Å². The normalized spacial score (nSPS) is 29.3. The molecule has 144 valence electrons. The van der Waals surface area contributed by atoms with Gasteiger partial charge in [-0.15, -0.1) is 0 Å². The molecule has 0 aliphatic heterocycles. The molecule has 4 nitrogen and oxygen atoms in total. The minimum atomic E-state index is -0.301. The van der Waals surface area contributed by atoms with E-state index in [-0.39, 0.29) is 29.1 Å². The molecule has 0 spiro atoms. The topological polar surface area (TPSA) is 58.2 Å². The Labute approximate surface area is 165 Å². The Morgan fingerprint density at radius 2 is 1.25 bits per heavy atom. The number of carbonyl (C=O) groups excluding carboxylic acids is 2. The van der Waals surface area contributed by atoms with Crippen LogP contribution in [-0.2, 0) is 15.0 Å². The van der Waals surface area contributed by atoms with Crippen molar-refractivity contribution in [3.05, 3.63) is 71.8 Å². The molecule has 2 aromatic rings. The molecule has 3 fully saturated rings. The predicted octanol–water partition coefficient (Wildman–Crippen LogP) is 3.58. The Hall–Kier alpha value is -2.62. The van der Waals surface area contributed by atoms with Crippen LogP contribution < -0.4 is 10.9 Å². The van der Waals surface area contributed by atoms with Crippen LogP contribution in [0, 0.1) is 23.7 Å². The van der Waals surface area contributed by atoms with Gasteiger partial charge < -0.3 is 0 Å². The van der Waals surface area contributed by atoms with Crippen LogP contribution in [0.3, 0.4) is 0 Å². The molecule has 2 amide bonds. The highest BCUT2D eigenvalue weighted by Gasteiger charge is 2.60. The van der Waals surface area contributed by atoms with Gasteiger partial charge in [-0.2, -0.15) is 0 Å². The highest BCUT2D eigenvalue weighted by molar-refractivity contribution is 5.89. The molecule has 0 aromatic heterocycles. The van der Waals surface area contributed by atoms with Crippen LogP contribution in [0.25, 0.3) is 0 Å². The molecule has 28 heavy (non-hydrogen) atoms. The number of hydrazine groups is 1.